The molecule has 0 fully saturated rings. The van der Waals surface area contributed by atoms with Gasteiger partial charge < -0.3 is 19.9 Å². The van der Waals surface area contributed by atoms with Crippen molar-refractivity contribution in [1.29, 1.82) is 0 Å². The van der Waals surface area contributed by atoms with E-state index in [4.69, 9.17) is 15.0 Å². The second-order valence-electron chi connectivity index (χ2n) is 8.18. The van der Waals surface area contributed by atoms with Crippen molar-refractivity contribution in [2.45, 2.75) is 32.8 Å². The highest BCUT2D eigenvalue weighted by molar-refractivity contribution is 5.73. The summed E-state index contributed by atoms with van der Waals surface area (Å²) >= 11 is 0. The van der Waals surface area contributed by atoms with Crippen molar-refractivity contribution in [3.8, 4) is 23.0 Å². The molecule has 0 spiro atoms. The lowest BCUT2D eigenvalue weighted by atomic mass is 10.1. The standard InChI is InChI=1S/C22H24N6O3.H2/c1-22(2,3)30-21(29)28-11-9-14(10-12-28)16-13-24-18(23)17(25-16)19-26-20(31-27-19)15-7-5-4-6-8-15;/h4-9,13H,10-12H2,1-3H3,(H2,23,24);1H. The van der Waals surface area contributed by atoms with Crippen LogP contribution in [0.1, 0.15) is 34.3 Å². The Morgan fingerprint density at radius 3 is 2.68 bits per heavy atom. The topological polar surface area (TPSA) is 120 Å². The molecular weight excluding hydrogens is 396 g/mol. The maximum absolute atomic E-state index is 12.3. The molecule has 0 unspecified atom stereocenters. The SMILES string of the molecule is CC(C)(C)OC(=O)N1CC=C(c2cnc(N)c(-c3noc(-c4ccccc4)n3)n2)CC1.[HH]. The molecule has 4 rings (SSSR count). The highest BCUT2D eigenvalue weighted by Gasteiger charge is 2.25. The number of benzene rings is 1. The summed E-state index contributed by atoms with van der Waals surface area (Å²) in [5.41, 5.74) is 8.31. The number of hydrogen-bond acceptors (Lipinski definition) is 8. The summed E-state index contributed by atoms with van der Waals surface area (Å²) in [7, 11) is 0. The summed E-state index contributed by atoms with van der Waals surface area (Å²) in [6.07, 6.45) is 3.86. The Morgan fingerprint density at radius 2 is 2.00 bits per heavy atom. The van der Waals surface area contributed by atoms with Gasteiger partial charge in [0.25, 0.3) is 5.89 Å². The molecule has 0 saturated heterocycles. The van der Waals surface area contributed by atoms with Crippen LogP contribution < -0.4 is 5.73 Å². The second-order valence-corrected chi connectivity index (χ2v) is 8.18. The van der Waals surface area contributed by atoms with E-state index in [1.807, 2.05) is 57.2 Å². The van der Waals surface area contributed by atoms with Crippen LogP contribution in [0, 0.1) is 0 Å². The molecule has 2 aromatic heterocycles. The highest BCUT2D eigenvalue weighted by Crippen LogP contribution is 2.27. The van der Waals surface area contributed by atoms with E-state index >= 15 is 0 Å². The fourth-order valence-corrected chi connectivity index (χ4v) is 3.13. The minimum absolute atomic E-state index is 0. The quantitative estimate of drug-likeness (QED) is 0.671. The zero-order valence-electron chi connectivity index (χ0n) is 17.7. The second kappa shape index (κ2) is 8.17. The van der Waals surface area contributed by atoms with Crippen LogP contribution in [0.2, 0.25) is 0 Å². The van der Waals surface area contributed by atoms with Crippen molar-refractivity contribution in [2.24, 2.45) is 0 Å². The fraction of sp³-hybridized carbons (Fsp3) is 0.318. The van der Waals surface area contributed by atoms with E-state index < -0.39 is 5.60 Å². The van der Waals surface area contributed by atoms with E-state index in [0.29, 0.717) is 36.8 Å². The molecule has 1 amide bonds. The number of carbonyl (C=O) groups excluding carboxylic acids is 1. The molecule has 162 valence electrons. The molecule has 2 N–H and O–H groups in total. The molecule has 3 aromatic rings. The summed E-state index contributed by atoms with van der Waals surface area (Å²) in [5.74, 6) is 0.875. The minimum atomic E-state index is -0.526. The van der Waals surface area contributed by atoms with Gasteiger partial charge in [-0.1, -0.05) is 29.4 Å². The van der Waals surface area contributed by atoms with Crippen LogP contribution in [-0.4, -0.2) is 49.8 Å². The van der Waals surface area contributed by atoms with Gasteiger partial charge in [-0.3, -0.25) is 0 Å². The van der Waals surface area contributed by atoms with Gasteiger partial charge in [-0.15, -0.1) is 0 Å². The van der Waals surface area contributed by atoms with E-state index in [1.54, 1.807) is 11.1 Å². The zero-order chi connectivity index (χ0) is 22.0. The van der Waals surface area contributed by atoms with Crippen LogP contribution in [-0.2, 0) is 4.74 Å². The lowest BCUT2D eigenvalue weighted by molar-refractivity contribution is 0.0270. The number of nitrogen functional groups attached to an aromatic ring is 1. The molecule has 1 aliphatic heterocycles. The minimum Gasteiger partial charge on any atom is -0.444 e. The van der Waals surface area contributed by atoms with E-state index in [9.17, 15) is 4.79 Å². The monoisotopic (exact) mass is 422 g/mol. The normalized spacial score (nSPS) is 14.3. The predicted octanol–water partition coefficient (Wildman–Crippen LogP) is 4.05. The molecule has 0 radical (unpaired) electrons. The van der Waals surface area contributed by atoms with E-state index in [1.165, 1.54) is 0 Å². The van der Waals surface area contributed by atoms with E-state index in [2.05, 4.69) is 20.1 Å². The van der Waals surface area contributed by atoms with Crippen LogP contribution in [0.15, 0.2) is 47.1 Å². The fourth-order valence-electron chi connectivity index (χ4n) is 3.13. The van der Waals surface area contributed by atoms with Gasteiger partial charge in [-0.2, -0.15) is 4.98 Å². The average Bonchev–Trinajstić information content (AvgIpc) is 3.24. The summed E-state index contributed by atoms with van der Waals surface area (Å²) in [6.45, 7) is 6.52. The molecule has 1 aromatic carbocycles. The lowest BCUT2D eigenvalue weighted by Crippen LogP contribution is -2.39. The van der Waals surface area contributed by atoms with Crippen molar-refractivity contribution in [1.82, 2.24) is 25.0 Å². The molecule has 9 heteroatoms. The highest BCUT2D eigenvalue weighted by atomic mass is 16.6. The Hall–Kier alpha value is -3.75. The van der Waals surface area contributed by atoms with Crippen LogP contribution >= 0.6 is 0 Å². The van der Waals surface area contributed by atoms with Crippen molar-refractivity contribution in [3.63, 3.8) is 0 Å². The van der Waals surface area contributed by atoms with Crippen LogP contribution in [0.25, 0.3) is 28.5 Å². The Balaban J connectivity index is 0.00000289. The molecule has 31 heavy (non-hydrogen) atoms. The van der Waals surface area contributed by atoms with Gasteiger partial charge in [0.05, 0.1) is 11.9 Å². The Morgan fingerprint density at radius 1 is 1.23 bits per heavy atom. The maximum atomic E-state index is 12.3. The van der Waals surface area contributed by atoms with Crippen molar-refractivity contribution in [3.05, 3.63) is 48.3 Å². The number of rotatable bonds is 3. The summed E-state index contributed by atoms with van der Waals surface area (Å²) in [5, 5.41) is 4.02. The number of ether oxygens (including phenoxy) is 1. The Labute approximate surface area is 181 Å². The molecular formula is C22H26N6O3. The smallest absolute Gasteiger partial charge is 0.410 e. The molecule has 3 heterocycles. The first-order chi connectivity index (χ1) is 14.8. The number of amides is 1. The molecule has 1 aliphatic rings. The lowest BCUT2D eigenvalue weighted by Gasteiger charge is -2.29. The first-order valence-corrected chi connectivity index (χ1v) is 9.99. The van der Waals surface area contributed by atoms with Gasteiger partial charge in [0.1, 0.15) is 5.60 Å². The van der Waals surface area contributed by atoms with Gasteiger partial charge in [0, 0.05) is 20.1 Å². The van der Waals surface area contributed by atoms with Crippen molar-refractivity contribution < 1.29 is 15.5 Å². The zero-order valence-corrected chi connectivity index (χ0v) is 17.7. The van der Waals surface area contributed by atoms with Crippen LogP contribution in [0.4, 0.5) is 10.6 Å². The third kappa shape index (κ3) is 4.71. The van der Waals surface area contributed by atoms with Crippen LogP contribution in [0.5, 0.6) is 0 Å². The van der Waals surface area contributed by atoms with Crippen LogP contribution in [0.3, 0.4) is 0 Å². The molecule has 0 saturated carbocycles. The van der Waals surface area contributed by atoms with E-state index in [-0.39, 0.29) is 19.2 Å². The maximum Gasteiger partial charge on any atom is 0.410 e. The van der Waals surface area contributed by atoms with Gasteiger partial charge in [-0.05, 0) is 44.9 Å². The molecule has 0 aliphatic carbocycles. The first kappa shape index (κ1) is 20.5. The molecule has 9 nitrogen and oxygen atoms in total. The Bertz CT molecular complexity index is 1120. The first-order valence-electron chi connectivity index (χ1n) is 9.99. The van der Waals surface area contributed by atoms with Gasteiger partial charge in [-0.25, -0.2) is 14.8 Å². The number of carbonyl (C=O) groups is 1. The third-order valence-electron chi connectivity index (χ3n) is 4.65. The van der Waals surface area contributed by atoms with Gasteiger partial charge in [0.2, 0.25) is 5.82 Å². The number of hydrogen-bond donors (Lipinski definition) is 1. The van der Waals surface area contributed by atoms with Gasteiger partial charge >= 0.3 is 6.09 Å². The van der Waals surface area contributed by atoms with Crippen molar-refractivity contribution in [2.75, 3.05) is 18.8 Å². The van der Waals surface area contributed by atoms with Gasteiger partial charge in [0.15, 0.2) is 11.5 Å². The number of nitrogens with two attached hydrogens (primary N) is 1. The average molecular weight is 422 g/mol. The number of nitrogens with zero attached hydrogens (tertiary/aromatic N) is 5. The number of aromatic nitrogens is 4. The van der Waals surface area contributed by atoms with Crippen molar-refractivity contribution >= 4 is 17.5 Å². The summed E-state index contributed by atoms with van der Waals surface area (Å²) in [4.78, 5) is 27.2. The third-order valence-corrected chi connectivity index (χ3v) is 4.65. The molecule has 0 bridgehead atoms. The van der Waals surface area contributed by atoms with E-state index in [0.717, 1.165) is 11.1 Å². The molecule has 0 atom stereocenters. The Kier molecular flexibility index (Phi) is 5.41. The summed E-state index contributed by atoms with van der Waals surface area (Å²) < 4.78 is 10.8. The summed E-state index contributed by atoms with van der Waals surface area (Å²) in [6, 6.07) is 9.46. The largest absolute Gasteiger partial charge is 0.444 e. The predicted molar refractivity (Wildman–Crippen MR) is 118 cm³/mol. The number of anilines is 1.